The van der Waals surface area contributed by atoms with E-state index < -0.39 is 0 Å². The Kier molecular flexibility index (Phi) is 6.56. The first-order valence-corrected chi connectivity index (χ1v) is 7.29. The SMILES string of the molecule is CCCCCC(C)(C)c1ccc(OCC(=O)OC)cc1. The van der Waals surface area contributed by atoms with E-state index in [-0.39, 0.29) is 18.0 Å². The lowest BCUT2D eigenvalue weighted by Gasteiger charge is -2.25. The van der Waals surface area contributed by atoms with E-state index in [1.165, 1.54) is 38.4 Å². The molecule has 0 aliphatic rings. The van der Waals surface area contributed by atoms with Crippen LogP contribution in [0, 0.1) is 0 Å². The summed E-state index contributed by atoms with van der Waals surface area (Å²) >= 11 is 0. The Morgan fingerprint density at radius 3 is 2.35 bits per heavy atom. The molecular formula is C17H26O3. The smallest absolute Gasteiger partial charge is 0.343 e. The van der Waals surface area contributed by atoms with Gasteiger partial charge in [0.1, 0.15) is 5.75 Å². The minimum Gasteiger partial charge on any atom is -0.482 e. The molecule has 0 aromatic heterocycles. The number of hydrogen-bond donors (Lipinski definition) is 0. The average Bonchev–Trinajstić information content (AvgIpc) is 2.45. The van der Waals surface area contributed by atoms with Crippen molar-refractivity contribution >= 4 is 5.97 Å². The van der Waals surface area contributed by atoms with Crippen LogP contribution in [0.5, 0.6) is 5.75 Å². The zero-order chi connectivity index (χ0) is 15.0. The molecule has 0 radical (unpaired) electrons. The minimum atomic E-state index is -0.367. The summed E-state index contributed by atoms with van der Waals surface area (Å²) < 4.78 is 9.89. The minimum absolute atomic E-state index is 0.0459. The zero-order valence-corrected chi connectivity index (χ0v) is 13.1. The fourth-order valence-corrected chi connectivity index (χ4v) is 2.16. The molecular weight excluding hydrogens is 252 g/mol. The maximum atomic E-state index is 11.0. The van der Waals surface area contributed by atoms with E-state index in [2.05, 4.69) is 37.6 Å². The predicted octanol–water partition coefficient (Wildman–Crippen LogP) is 4.10. The Morgan fingerprint density at radius 1 is 1.15 bits per heavy atom. The average molecular weight is 278 g/mol. The molecule has 1 rings (SSSR count). The van der Waals surface area contributed by atoms with Gasteiger partial charge in [0.05, 0.1) is 7.11 Å². The molecule has 0 aliphatic heterocycles. The summed E-state index contributed by atoms with van der Waals surface area (Å²) in [4.78, 5) is 11.0. The summed E-state index contributed by atoms with van der Waals surface area (Å²) in [5, 5.41) is 0. The lowest BCUT2D eigenvalue weighted by atomic mass is 9.80. The van der Waals surface area contributed by atoms with Crippen LogP contribution in [0.4, 0.5) is 0 Å². The third-order valence-electron chi connectivity index (χ3n) is 3.63. The summed E-state index contributed by atoms with van der Waals surface area (Å²) in [6.07, 6.45) is 4.97. The van der Waals surface area contributed by atoms with Gasteiger partial charge >= 0.3 is 5.97 Å². The Bertz CT molecular complexity index is 407. The van der Waals surface area contributed by atoms with Gasteiger partial charge in [0.25, 0.3) is 0 Å². The number of hydrogen-bond acceptors (Lipinski definition) is 3. The maximum Gasteiger partial charge on any atom is 0.343 e. The first-order valence-electron chi connectivity index (χ1n) is 7.29. The van der Waals surface area contributed by atoms with Crippen LogP contribution < -0.4 is 4.74 Å². The van der Waals surface area contributed by atoms with E-state index in [1.54, 1.807) is 0 Å². The second-order valence-corrected chi connectivity index (χ2v) is 5.73. The van der Waals surface area contributed by atoms with Gasteiger partial charge in [0.15, 0.2) is 6.61 Å². The first-order chi connectivity index (χ1) is 9.49. The maximum absolute atomic E-state index is 11.0. The molecule has 112 valence electrons. The van der Waals surface area contributed by atoms with Crippen molar-refractivity contribution in [1.29, 1.82) is 0 Å². The Morgan fingerprint density at radius 2 is 1.80 bits per heavy atom. The molecule has 0 aliphatic carbocycles. The number of unbranched alkanes of at least 4 members (excludes halogenated alkanes) is 2. The van der Waals surface area contributed by atoms with Crippen LogP contribution in [-0.2, 0) is 14.9 Å². The molecule has 0 heterocycles. The molecule has 0 spiro atoms. The molecule has 0 fully saturated rings. The summed E-state index contributed by atoms with van der Waals surface area (Å²) in [5.74, 6) is 0.331. The second kappa shape index (κ2) is 7.93. The summed E-state index contributed by atoms with van der Waals surface area (Å²) in [6, 6.07) is 8.00. The molecule has 0 unspecified atom stereocenters. The fourth-order valence-electron chi connectivity index (χ4n) is 2.16. The number of rotatable bonds is 8. The first kappa shape index (κ1) is 16.5. The summed E-state index contributed by atoms with van der Waals surface area (Å²) in [6.45, 7) is 6.72. The van der Waals surface area contributed by atoms with E-state index >= 15 is 0 Å². The van der Waals surface area contributed by atoms with Gasteiger partial charge in [-0.05, 0) is 29.5 Å². The Labute approximate surface area is 122 Å². The normalized spacial score (nSPS) is 11.2. The van der Waals surface area contributed by atoms with Crippen LogP contribution in [0.15, 0.2) is 24.3 Å². The van der Waals surface area contributed by atoms with Gasteiger partial charge < -0.3 is 9.47 Å². The molecule has 3 nitrogen and oxygen atoms in total. The van der Waals surface area contributed by atoms with Crippen molar-refractivity contribution in [3.8, 4) is 5.75 Å². The third-order valence-corrected chi connectivity index (χ3v) is 3.63. The largest absolute Gasteiger partial charge is 0.482 e. The number of esters is 1. The number of benzene rings is 1. The molecule has 1 aromatic carbocycles. The third kappa shape index (κ3) is 5.24. The molecule has 1 aromatic rings. The van der Waals surface area contributed by atoms with Gasteiger partial charge in [0, 0.05) is 0 Å². The van der Waals surface area contributed by atoms with Crippen molar-refractivity contribution in [2.24, 2.45) is 0 Å². The highest BCUT2D eigenvalue weighted by Crippen LogP contribution is 2.30. The zero-order valence-electron chi connectivity index (χ0n) is 13.1. The van der Waals surface area contributed by atoms with Crippen LogP contribution in [-0.4, -0.2) is 19.7 Å². The van der Waals surface area contributed by atoms with Crippen LogP contribution in [0.25, 0.3) is 0 Å². The number of carbonyl (C=O) groups excluding carboxylic acids is 1. The van der Waals surface area contributed by atoms with E-state index in [9.17, 15) is 4.79 Å². The Hall–Kier alpha value is -1.51. The molecule has 0 bridgehead atoms. The van der Waals surface area contributed by atoms with Crippen LogP contribution >= 0.6 is 0 Å². The second-order valence-electron chi connectivity index (χ2n) is 5.73. The number of carbonyl (C=O) groups is 1. The van der Waals surface area contributed by atoms with Gasteiger partial charge in [0.2, 0.25) is 0 Å². The van der Waals surface area contributed by atoms with Gasteiger partial charge in [-0.3, -0.25) is 0 Å². The molecule has 0 saturated carbocycles. The van der Waals surface area contributed by atoms with Crippen LogP contribution in [0.2, 0.25) is 0 Å². The standard InChI is InChI=1S/C17H26O3/c1-5-6-7-12-17(2,3)14-8-10-15(11-9-14)20-13-16(18)19-4/h8-11H,5-7,12-13H2,1-4H3. The van der Waals surface area contributed by atoms with E-state index in [4.69, 9.17) is 4.74 Å². The Balaban J connectivity index is 2.58. The van der Waals surface area contributed by atoms with Crippen molar-refractivity contribution in [2.45, 2.75) is 51.9 Å². The lowest BCUT2D eigenvalue weighted by molar-refractivity contribution is -0.142. The lowest BCUT2D eigenvalue weighted by Crippen LogP contribution is -2.17. The number of ether oxygens (including phenoxy) is 2. The number of methoxy groups -OCH3 is 1. The van der Waals surface area contributed by atoms with Crippen molar-refractivity contribution in [3.05, 3.63) is 29.8 Å². The molecule has 0 atom stereocenters. The van der Waals surface area contributed by atoms with Crippen molar-refractivity contribution in [2.75, 3.05) is 13.7 Å². The topological polar surface area (TPSA) is 35.5 Å². The van der Waals surface area contributed by atoms with Gasteiger partial charge in [-0.15, -0.1) is 0 Å². The molecule has 0 saturated heterocycles. The van der Waals surface area contributed by atoms with Crippen LogP contribution in [0.1, 0.15) is 52.0 Å². The van der Waals surface area contributed by atoms with E-state index in [0.29, 0.717) is 5.75 Å². The van der Waals surface area contributed by atoms with Crippen molar-refractivity contribution in [3.63, 3.8) is 0 Å². The summed E-state index contributed by atoms with van der Waals surface area (Å²) in [7, 11) is 1.35. The monoisotopic (exact) mass is 278 g/mol. The van der Waals surface area contributed by atoms with Crippen molar-refractivity contribution < 1.29 is 14.3 Å². The van der Waals surface area contributed by atoms with Crippen LogP contribution in [0.3, 0.4) is 0 Å². The molecule has 0 N–H and O–H groups in total. The highest BCUT2D eigenvalue weighted by Gasteiger charge is 2.19. The quantitative estimate of drug-likeness (QED) is 0.530. The van der Waals surface area contributed by atoms with E-state index in [1.807, 2.05) is 12.1 Å². The molecule has 20 heavy (non-hydrogen) atoms. The molecule has 3 heteroatoms. The highest BCUT2D eigenvalue weighted by molar-refractivity contribution is 5.70. The fraction of sp³-hybridized carbons (Fsp3) is 0.588. The predicted molar refractivity (Wildman–Crippen MR) is 81.1 cm³/mol. The molecule has 0 amide bonds. The van der Waals surface area contributed by atoms with E-state index in [0.717, 1.165) is 0 Å². The van der Waals surface area contributed by atoms with Gasteiger partial charge in [-0.2, -0.15) is 0 Å². The van der Waals surface area contributed by atoms with Gasteiger partial charge in [-0.25, -0.2) is 4.79 Å². The highest BCUT2D eigenvalue weighted by atomic mass is 16.6. The summed E-state index contributed by atoms with van der Waals surface area (Å²) in [5.41, 5.74) is 1.48. The van der Waals surface area contributed by atoms with Crippen molar-refractivity contribution in [1.82, 2.24) is 0 Å². The van der Waals surface area contributed by atoms with Gasteiger partial charge in [-0.1, -0.05) is 52.2 Å².